The Morgan fingerprint density at radius 1 is 1.26 bits per heavy atom. The number of aliphatic hydroxyl groups excluding tert-OH is 1. The summed E-state index contributed by atoms with van der Waals surface area (Å²) in [5, 5.41) is 21.8. The topological polar surface area (TPSA) is 118 Å². The first-order valence-electron chi connectivity index (χ1n) is 7.12. The van der Waals surface area contributed by atoms with E-state index in [0.717, 1.165) is 0 Å². The van der Waals surface area contributed by atoms with Crippen molar-refractivity contribution in [2.45, 2.75) is 6.10 Å². The van der Waals surface area contributed by atoms with Gasteiger partial charge in [-0.25, -0.2) is 9.78 Å². The third-order valence-corrected chi connectivity index (χ3v) is 3.18. The van der Waals surface area contributed by atoms with Gasteiger partial charge < -0.3 is 26.0 Å². The lowest BCUT2D eigenvalue weighted by Crippen LogP contribution is -2.26. The summed E-state index contributed by atoms with van der Waals surface area (Å²) >= 11 is 0. The maximum absolute atomic E-state index is 10.7. The Morgan fingerprint density at radius 3 is 2.61 bits per heavy atom. The van der Waals surface area contributed by atoms with Crippen LogP contribution in [0.25, 0.3) is 0 Å². The number of anilines is 1. The molecule has 7 heteroatoms. The number of nitrogens with one attached hydrogen (secondary N) is 1. The number of pyridine rings is 1. The molecule has 5 N–H and O–H groups in total. The number of aromatic carboxylic acids is 1. The highest BCUT2D eigenvalue weighted by Crippen LogP contribution is 2.12. The van der Waals surface area contributed by atoms with Crippen molar-refractivity contribution in [3.8, 4) is 5.75 Å². The number of nitrogen functional groups attached to an aromatic ring is 1. The average Bonchev–Trinajstić information content (AvgIpc) is 2.55. The number of nitrogens with two attached hydrogens (primary N) is 1. The maximum atomic E-state index is 10.7. The fourth-order valence-corrected chi connectivity index (χ4v) is 1.91. The molecule has 1 unspecified atom stereocenters. The van der Waals surface area contributed by atoms with Crippen molar-refractivity contribution >= 4 is 11.8 Å². The Labute approximate surface area is 133 Å². The van der Waals surface area contributed by atoms with E-state index in [9.17, 15) is 9.90 Å². The van der Waals surface area contributed by atoms with Crippen LogP contribution in [-0.2, 0) is 0 Å². The predicted octanol–water partition coefficient (Wildman–Crippen LogP) is 1.06. The van der Waals surface area contributed by atoms with Gasteiger partial charge in [0.25, 0.3) is 0 Å². The van der Waals surface area contributed by atoms with Crippen LogP contribution in [0, 0.1) is 0 Å². The summed E-state index contributed by atoms with van der Waals surface area (Å²) in [5.41, 5.74) is 6.40. The molecule has 1 aromatic heterocycles. The zero-order valence-electron chi connectivity index (χ0n) is 12.5. The number of hydrogen-bond acceptors (Lipinski definition) is 6. The summed E-state index contributed by atoms with van der Waals surface area (Å²) < 4.78 is 5.48. The molecule has 0 radical (unpaired) electrons. The third-order valence-electron chi connectivity index (χ3n) is 3.18. The molecule has 122 valence electrons. The van der Waals surface area contributed by atoms with Crippen LogP contribution < -0.4 is 15.8 Å². The molecule has 23 heavy (non-hydrogen) atoms. The predicted molar refractivity (Wildman–Crippen MR) is 85.4 cm³/mol. The van der Waals surface area contributed by atoms with Crippen molar-refractivity contribution in [3.63, 3.8) is 0 Å². The molecule has 0 amide bonds. The number of aromatic nitrogens is 1. The number of benzene rings is 1. The Balaban J connectivity index is 1.67. The van der Waals surface area contributed by atoms with Crippen LogP contribution in [0.1, 0.15) is 22.0 Å². The molecule has 0 fully saturated rings. The number of hydrogen-bond donors (Lipinski definition) is 4. The molecule has 1 aromatic carbocycles. The van der Waals surface area contributed by atoms with Crippen molar-refractivity contribution in [2.24, 2.45) is 0 Å². The average molecular weight is 317 g/mol. The molecular weight excluding hydrogens is 298 g/mol. The van der Waals surface area contributed by atoms with Gasteiger partial charge in [0, 0.05) is 24.8 Å². The summed E-state index contributed by atoms with van der Waals surface area (Å²) in [6, 6.07) is 9.57. The van der Waals surface area contributed by atoms with Crippen LogP contribution in [0.2, 0.25) is 0 Å². The molecule has 1 heterocycles. The number of carboxylic acids is 1. The highest BCUT2D eigenvalue weighted by molar-refractivity contribution is 5.87. The smallest absolute Gasteiger partial charge is 0.335 e. The van der Waals surface area contributed by atoms with Gasteiger partial charge in [-0.2, -0.15) is 0 Å². The molecule has 0 saturated carbocycles. The monoisotopic (exact) mass is 317 g/mol. The first kappa shape index (κ1) is 16.7. The SMILES string of the molecule is Nc1ccc(C(O)CNCCOc2ccc(C(=O)O)cc2)cn1. The molecule has 0 bridgehead atoms. The van der Waals surface area contributed by atoms with Gasteiger partial charge in [0.2, 0.25) is 0 Å². The van der Waals surface area contributed by atoms with Crippen LogP contribution in [0.5, 0.6) is 5.75 Å². The number of aliphatic hydroxyl groups is 1. The van der Waals surface area contributed by atoms with Gasteiger partial charge in [0.1, 0.15) is 18.2 Å². The molecular formula is C16H19N3O4. The highest BCUT2D eigenvalue weighted by atomic mass is 16.5. The van der Waals surface area contributed by atoms with E-state index in [1.807, 2.05) is 0 Å². The molecule has 1 atom stereocenters. The van der Waals surface area contributed by atoms with Crippen molar-refractivity contribution in [1.82, 2.24) is 10.3 Å². The van der Waals surface area contributed by atoms with E-state index in [-0.39, 0.29) is 5.56 Å². The van der Waals surface area contributed by atoms with Gasteiger partial charge in [0.15, 0.2) is 0 Å². The van der Waals surface area contributed by atoms with Crippen molar-refractivity contribution in [2.75, 3.05) is 25.4 Å². The molecule has 0 spiro atoms. The molecule has 0 aliphatic carbocycles. The van der Waals surface area contributed by atoms with Gasteiger partial charge in [0.05, 0.1) is 11.7 Å². The van der Waals surface area contributed by atoms with E-state index in [1.165, 1.54) is 12.1 Å². The second-order valence-electron chi connectivity index (χ2n) is 4.91. The molecule has 0 aliphatic heterocycles. The van der Waals surface area contributed by atoms with Gasteiger partial charge in [-0.05, 0) is 30.3 Å². The molecule has 0 aliphatic rings. The Bertz CT molecular complexity index is 629. The first-order valence-corrected chi connectivity index (χ1v) is 7.12. The lowest BCUT2D eigenvalue weighted by Gasteiger charge is -2.12. The number of carboxylic acid groups (broad SMARTS) is 1. The van der Waals surface area contributed by atoms with E-state index in [4.69, 9.17) is 15.6 Å². The minimum Gasteiger partial charge on any atom is -0.492 e. The minimum atomic E-state index is -0.968. The molecule has 0 saturated heterocycles. The van der Waals surface area contributed by atoms with E-state index in [1.54, 1.807) is 30.5 Å². The van der Waals surface area contributed by atoms with Gasteiger partial charge >= 0.3 is 5.97 Å². The summed E-state index contributed by atoms with van der Waals surface area (Å²) in [5.74, 6) is 0.0423. The first-order chi connectivity index (χ1) is 11.1. The third kappa shape index (κ3) is 5.24. The molecule has 7 nitrogen and oxygen atoms in total. The number of carbonyl (C=O) groups is 1. The Hall–Kier alpha value is -2.64. The minimum absolute atomic E-state index is 0.218. The van der Waals surface area contributed by atoms with Crippen LogP contribution in [-0.4, -0.2) is 40.9 Å². The Kier molecular flexibility index (Phi) is 5.90. The van der Waals surface area contributed by atoms with Crippen LogP contribution >= 0.6 is 0 Å². The summed E-state index contributed by atoms with van der Waals surface area (Å²) in [7, 11) is 0. The zero-order valence-corrected chi connectivity index (χ0v) is 12.5. The summed E-state index contributed by atoms with van der Waals surface area (Å²) in [4.78, 5) is 14.7. The zero-order chi connectivity index (χ0) is 16.7. The molecule has 2 rings (SSSR count). The van der Waals surface area contributed by atoms with Crippen molar-refractivity contribution < 1.29 is 19.7 Å². The molecule has 2 aromatic rings. The fourth-order valence-electron chi connectivity index (χ4n) is 1.91. The van der Waals surface area contributed by atoms with Crippen LogP contribution in [0.15, 0.2) is 42.6 Å². The highest BCUT2D eigenvalue weighted by Gasteiger charge is 2.07. The number of ether oxygens (including phenoxy) is 1. The van der Waals surface area contributed by atoms with Gasteiger partial charge in [-0.15, -0.1) is 0 Å². The maximum Gasteiger partial charge on any atom is 0.335 e. The second kappa shape index (κ2) is 8.11. The number of rotatable bonds is 8. The van der Waals surface area contributed by atoms with Gasteiger partial charge in [-0.1, -0.05) is 6.07 Å². The van der Waals surface area contributed by atoms with Crippen molar-refractivity contribution in [1.29, 1.82) is 0 Å². The van der Waals surface area contributed by atoms with E-state index >= 15 is 0 Å². The van der Waals surface area contributed by atoms with Gasteiger partial charge in [-0.3, -0.25) is 0 Å². The quantitative estimate of drug-likeness (QED) is 0.538. The van der Waals surface area contributed by atoms with E-state index < -0.39 is 12.1 Å². The second-order valence-corrected chi connectivity index (χ2v) is 4.91. The van der Waals surface area contributed by atoms with E-state index in [0.29, 0.717) is 36.8 Å². The van der Waals surface area contributed by atoms with Crippen LogP contribution in [0.3, 0.4) is 0 Å². The number of nitrogens with zero attached hydrogens (tertiary/aromatic N) is 1. The van der Waals surface area contributed by atoms with Crippen LogP contribution in [0.4, 0.5) is 5.82 Å². The normalized spacial score (nSPS) is 11.9. The summed E-state index contributed by atoms with van der Waals surface area (Å²) in [6.07, 6.45) is 0.875. The lowest BCUT2D eigenvalue weighted by atomic mass is 10.1. The lowest BCUT2D eigenvalue weighted by molar-refractivity contribution is 0.0697. The van der Waals surface area contributed by atoms with E-state index in [2.05, 4.69) is 10.3 Å². The fraction of sp³-hybridized carbons (Fsp3) is 0.250. The standard InChI is InChI=1S/C16H19N3O4/c17-15-6-3-12(9-19-15)14(20)10-18-7-8-23-13-4-1-11(2-5-13)16(21)22/h1-6,9,14,18,20H,7-8,10H2,(H2,17,19)(H,21,22). The largest absolute Gasteiger partial charge is 0.492 e. The summed E-state index contributed by atoms with van der Waals surface area (Å²) in [6.45, 7) is 1.31. The Morgan fingerprint density at radius 2 is 2.00 bits per heavy atom. The van der Waals surface area contributed by atoms with Crippen molar-refractivity contribution in [3.05, 3.63) is 53.7 Å².